The largest absolute Gasteiger partial charge is 0.443 e. The molecule has 3 aromatic rings. The molecule has 6 nitrogen and oxygen atoms in total. The maximum Gasteiger partial charge on any atom is 0.417 e. The normalized spacial score (nSPS) is 11.1. The number of nitriles is 2. The molecule has 10 heteroatoms. The van der Waals surface area contributed by atoms with E-state index in [4.69, 9.17) is 9.68 Å². The average Bonchev–Trinajstić information content (AvgIpc) is 3.03. The Balaban J connectivity index is 1.83. The number of pyridine rings is 1. The molecule has 146 valence electrons. The molecule has 0 aliphatic carbocycles. The Morgan fingerprint density at radius 1 is 1.28 bits per heavy atom. The van der Waals surface area contributed by atoms with Gasteiger partial charge in [-0.3, -0.25) is 4.79 Å². The highest BCUT2D eigenvalue weighted by atomic mass is 32.2. The third-order valence-electron chi connectivity index (χ3n) is 3.83. The van der Waals surface area contributed by atoms with Crippen molar-refractivity contribution in [1.82, 2.24) is 4.98 Å². The van der Waals surface area contributed by atoms with E-state index in [2.05, 4.69) is 10.3 Å². The van der Waals surface area contributed by atoms with Gasteiger partial charge in [0.25, 0.3) is 0 Å². The third kappa shape index (κ3) is 4.18. The number of rotatable bonds is 4. The molecule has 1 amide bonds. The zero-order valence-corrected chi connectivity index (χ0v) is 15.6. The molecule has 0 unspecified atom stereocenters. The van der Waals surface area contributed by atoms with E-state index >= 15 is 0 Å². The van der Waals surface area contributed by atoms with E-state index in [9.17, 15) is 23.2 Å². The van der Waals surface area contributed by atoms with Crippen molar-refractivity contribution in [2.45, 2.75) is 18.1 Å². The molecule has 2 aromatic heterocycles. The molecule has 0 saturated heterocycles. The number of aryl methyl sites for hydroxylation is 1. The maximum absolute atomic E-state index is 13.2. The summed E-state index contributed by atoms with van der Waals surface area (Å²) in [5.74, 6) is -0.985. The fourth-order valence-electron chi connectivity index (χ4n) is 2.64. The van der Waals surface area contributed by atoms with Crippen LogP contribution in [0.4, 0.5) is 18.9 Å². The van der Waals surface area contributed by atoms with E-state index in [1.807, 2.05) is 6.07 Å². The lowest BCUT2D eigenvalue weighted by Gasteiger charge is -2.12. The van der Waals surface area contributed by atoms with Crippen molar-refractivity contribution in [3.05, 3.63) is 52.9 Å². The highest BCUT2D eigenvalue weighted by molar-refractivity contribution is 8.00. The number of alkyl halides is 3. The summed E-state index contributed by atoms with van der Waals surface area (Å²) in [6.45, 7) is 1.37. The maximum atomic E-state index is 13.2. The van der Waals surface area contributed by atoms with Gasteiger partial charge in [-0.2, -0.15) is 23.7 Å². The van der Waals surface area contributed by atoms with Gasteiger partial charge in [-0.1, -0.05) is 23.9 Å². The van der Waals surface area contributed by atoms with Crippen LogP contribution in [-0.2, 0) is 11.0 Å². The lowest BCUT2D eigenvalue weighted by Crippen LogP contribution is -2.15. The van der Waals surface area contributed by atoms with Gasteiger partial charge in [0.15, 0.2) is 0 Å². The number of thioether (sulfide) groups is 1. The number of carbonyl (C=O) groups excluding carboxylic acids is 1. The summed E-state index contributed by atoms with van der Waals surface area (Å²) >= 11 is 0.706. The fourth-order valence-corrected chi connectivity index (χ4v) is 3.49. The van der Waals surface area contributed by atoms with Crippen molar-refractivity contribution in [3.63, 3.8) is 0 Å². The molecule has 0 saturated carbocycles. The van der Waals surface area contributed by atoms with Crippen LogP contribution in [0.3, 0.4) is 0 Å². The van der Waals surface area contributed by atoms with Crippen molar-refractivity contribution in [2.75, 3.05) is 11.1 Å². The predicted molar refractivity (Wildman–Crippen MR) is 99.0 cm³/mol. The summed E-state index contributed by atoms with van der Waals surface area (Å²) in [6, 6.07) is 10.9. The van der Waals surface area contributed by atoms with Crippen molar-refractivity contribution in [1.29, 1.82) is 10.5 Å². The van der Waals surface area contributed by atoms with Crippen LogP contribution in [0.5, 0.6) is 0 Å². The number of amides is 1. The zero-order chi connectivity index (χ0) is 21.2. The topological polar surface area (TPSA) is 103 Å². The fraction of sp³-hybridized carbons (Fsp3) is 0.158. The molecule has 2 heterocycles. The Kier molecular flexibility index (Phi) is 5.48. The summed E-state index contributed by atoms with van der Waals surface area (Å²) in [7, 11) is 0. The summed E-state index contributed by atoms with van der Waals surface area (Å²) in [4.78, 5) is 16.3. The highest BCUT2D eigenvalue weighted by Crippen LogP contribution is 2.36. The first-order valence-electron chi connectivity index (χ1n) is 8.07. The van der Waals surface area contributed by atoms with Crippen LogP contribution in [0.25, 0.3) is 11.0 Å². The molecule has 3 rings (SSSR count). The van der Waals surface area contributed by atoms with E-state index in [1.54, 1.807) is 24.3 Å². The molecular weight excluding hydrogens is 405 g/mol. The van der Waals surface area contributed by atoms with Gasteiger partial charge in [0.1, 0.15) is 28.4 Å². The van der Waals surface area contributed by atoms with E-state index < -0.39 is 23.2 Å². The molecule has 0 radical (unpaired) electrons. The molecule has 0 atom stereocenters. The Labute approximate surface area is 166 Å². The van der Waals surface area contributed by atoms with Crippen LogP contribution in [0.1, 0.15) is 22.6 Å². The monoisotopic (exact) mass is 416 g/mol. The van der Waals surface area contributed by atoms with Crippen molar-refractivity contribution in [3.8, 4) is 12.1 Å². The number of hydrogen-bond donors (Lipinski definition) is 1. The van der Waals surface area contributed by atoms with Crippen LogP contribution < -0.4 is 5.32 Å². The number of furan rings is 1. The third-order valence-corrected chi connectivity index (χ3v) is 4.81. The second-order valence-corrected chi connectivity index (χ2v) is 6.82. The molecule has 0 fully saturated rings. The molecule has 0 bridgehead atoms. The quantitative estimate of drug-likeness (QED) is 0.622. The zero-order valence-electron chi connectivity index (χ0n) is 14.8. The minimum atomic E-state index is -4.71. The van der Waals surface area contributed by atoms with Gasteiger partial charge >= 0.3 is 6.18 Å². The Morgan fingerprint density at radius 2 is 2.00 bits per heavy atom. The van der Waals surface area contributed by atoms with E-state index in [0.29, 0.717) is 22.7 Å². The van der Waals surface area contributed by atoms with Crippen molar-refractivity contribution >= 4 is 34.3 Å². The Bertz CT molecular complexity index is 1190. The van der Waals surface area contributed by atoms with Gasteiger partial charge in [-0.15, -0.1) is 0 Å². The molecule has 29 heavy (non-hydrogen) atoms. The van der Waals surface area contributed by atoms with Gasteiger partial charge < -0.3 is 9.73 Å². The van der Waals surface area contributed by atoms with Gasteiger partial charge in [-0.25, -0.2) is 4.98 Å². The number of nitrogens with zero attached hydrogens (tertiary/aromatic N) is 3. The number of halogens is 3. The molecular formula is C19H11F3N4O2S. The van der Waals surface area contributed by atoms with Gasteiger partial charge in [0.2, 0.25) is 11.7 Å². The van der Waals surface area contributed by atoms with Crippen molar-refractivity contribution < 1.29 is 22.4 Å². The van der Waals surface area contributed by atoms with E-state index in [-0.39, 0.29) is 27.9 Å². The summed E-state index contributed by atoms with van der Waals surface area (Å²) in [6.07, 6.45) is -4.71. The lowest BCUT2D eigenvalue weighted by atomic mass is 10.1. The standard InChI is InChI=1S/C19H11F3N4O2S/c1-10-6-13(19(20,21)22)12(7-23)18(25-10)29-9-16(27)26-17-11-4-2-3-5-14(11)28-15(17)8-24/h2-6H,9H2,1H3,(H,26,27). The molecule has 0 aliphatic heterocycles. The second kappa shape index (κ2) is 7.86. The molecule has 0 spiro atoms. The van der Waals surface area contributed by atoms with Crippen molar-refractivity contribution in [2.24, 2.45) is 0 Å². The number of hydrogen-bond acceptors (Lipinski definition) is 6. The number of carbonyl (C=O) groups is 1. The minimum absolute atomic E-state index is 0.0758. The number of fused-ring (bicyclic) bond motifs is 1. The summed E-state index contributed by atoms with van der Waals surface area (Å²) in [5, 5.41) is 21.2. The molecule has 1 aromatic carbocycles. The number of anilines is 1. The van der Waals surface area contributed by atoms with Crippen LogP contribution in [0.15, 0.2) is 39.8 Å². The molecule has 0 aliphatic rings. The van der Waals surface area contributed by atoms with E-state index in [1.165, 1.54) is 13.0 Å². The number of benzene rings is 1. The highest BCUT2D eigenvalue weighted by Gasteiger charge is 2.35. The van der Waals surface area contributed by atoms with Gasteiger partial charge in [0.05, 0.1) is 16.9 Å². The Hall–Kier alpha value is -3.50. The first kappa shape index (κ1) is 20.2. The first-order chi connectivity index (χ1) is 13.7. The second-order valence-electron chi connectivity index (χ2n) is 5.85. The predicted octanol–water partition coefficient (Wildman–Crippen LogP) is 4.63. The smallest absolute Gasteiger partial charge is 0.417 e. The number of para-hydroxylation sites is 1. The van der Waals surface area contributed by atoms with Crippen LogP contribution in [0, 0.1) is 29.6 Å². The molecule has 1 N–H and O–H groups in total. The van der Waals surface area contributed by atoms with Gasteiger partial charge in [-0.05, 0) is 25.1 Å². The summed E-state index contributed by atoms with van der Waals surface area (Å²) in [5.41, 5.74) is -1.06. The minimum Gasteiger partial charge on any atom is -0.443 e. The van der Waals surface area contributed by atoms with Gasteiger partial charge in [0, 0.05) is 11.1 Å². The summed E-state index contributed by atoms with van der Waals surface area (Å²) < 4.78 is 44.9. The lowest BCUT2D eigenvalue weighted by molar-refractivity contribution is -0.138. The number of aromatic nitrogens is 1. The van der Waals surface area contributed by atoms with Crippen LogP contribution in [-0.4, -0.2) is 16.6 Å². The van der Waals surface area contributed by atoms with E-state index in [0.717, 1.165) is 6.07 Å². The Morgan fingerprint density at radius 3 is 2.66 bits per heavy atom. The first-order valence-corrected chi connectivity index (χ1v) is 9.06. The average molecular weight is 416 g/mol. The number of nitrogens with one attached hydrogen (secondary N) is 1. The SMILES string of the molecule is Cc1cc(C(F)(F)F)c(C#N)c(SCC(=O)Nc2c(C#N)oc3ccccc23)n1. The van der Waals surface area contributed by atoms with Crippen LogP contribution in [0.2, 0.25) is 0 Å². The van der Waals surface area contributed by atoms with Crippen LogP contribution >= 0.6 is 11.8 Å².